The minimum absolute atomic E-state index is 0.629. The zero-order valence-electron chi connectivity index (χ0n) is 27.2. The third kappa shape index (κ3) is 5.61. The molecule has 0 aliphatic rings. The van der Waals surface area contributed by atoms with Crippen LogP contribution in [0.25, 0.3) is 89.1 Å². The number of nitrogens with zero attached hydrogens (tertiary/aromatic N) is 3. The van der Waals surface area contributed by atoms with E-state index < -0.39 is 0 Å². The molecule has 0 radical (unpaired) electrons. The Kier molecular flexibility index (Phi) is 7.49. The normalized spacial score (nSPS) is 11.2. The van der Waals surface area contributed by atoms with Crippen molar-refractivity contribution in [2.45, 2.75) is 0 Å². The molecule has 0 amide bonds. The van der Waals surface area contributed by atoms with Gasteiger partial charge in [0.1, 0.15) is 0 Å². The molecule has 234 valence electrons. The third-order valence-electron chi connectivity index (χ3n) is 9.31. The molecule has 0 N–H and O–H groups in total. The van der Waals surface area contributed by atoms with Gasteiger partial charge in [-0.2, -0.15) is 0 Å². The van der Waals surface area contributed by atoms with E-state index in [1.807, 2.05) is 24.3 Å². The number of hydrogen-bond acceptors (Lipinski definition) is 3. The fourth-order valence-electron chi connectivity index (χ4n) is 6.81. The summed E-state index contributed by atoms with van der Waals surface area (Å²) in [6, 6.07) is 65.9. The largest absolute Gasteiger partial charge is 0.208 e. The summed E-state index contributed by atoms with van der Waals surface area (Å²) >= 11 is 0. The second-order valence-corrected chi connectivity index (χ2v) is 12.5. The number of hydrogen-bond donors (Lipinski definition) is 0. The van der Waals surface area contributed by atoms with Gasteiger partial charge in [-0.3, -0.25) is 0 Å². The molecule has 3 nitrogen and oxygen atoms in total. The summed E-state index contributed by atoms with van der Waals surface area (Å²) in [5, 5.41) is 4.82. The van der Waals surface area contributed by atoms with Gasteiger partial charge in [-0.25, -0.2) is 15.0 Å². The zero-order valence-corrected chi connectivity index (χ0v) is 27.2. The van der Waals surface area contributed by atoms with Crippen molar-refractivity contribution in [2.75, 3.05) is 0 Å². The molecule has 0 saturated heterocycles. The molecule has 3 heteroatoms. The third-order valence-corrected chi connectivity index (χ3v) is 9.31. The van der Waals surface area contributed by atoms with Gasteiger partial charge in [0.25, 0.3) is 0 Å². The standard InChI is InChI=1S/C47H31N3/c1-3-13-32(14-4-1)33-25-27-37(28-26-33)46-48-45(36-17-5-2-6-18-36)49-47(50-46)40-30-38(43-23-11-19-34-15-7-9-21-41(34)43)29-39(31-40)44-24-12-20-35-16-8-10-22-42(35)44/h1-31H. The Bertz CT molecular complexity index is 2520. The van der Waals surface area contributed by atoms with E-state index in [0.717, 1.165) is 33.4 Å². The highest BCUT2D eigenvalue weighted by atomic mass is 15.0. The SMILES string of the molecule is c1ccc(-c2ccc(-c3nc(-c4ccccc4)nc(-c4cc(-c5cccc6ccccc56)cc(-c5cccc6ccccc56)c4)n3)cc2)cc1. The minimum Gasteiger partial charge on any atom is -0.208 e. The van der Waals surface area contributed by atoms with Gasteiger partial charge in [-0.1, -0.05) is 170 Å². The van der Waals surface area contributed by atoms with Crippen LogP contribution < -0.4 is 0 Å². The van der Waals surface area contributed by atoms with Crippen LogP contribution >= 0.6 is 0 Å². The molecule has 8 aromatic carbocycles. The molecule has 1 heterocycles. The summed E-state index contributed by atoms with van der Waals surface area (Å²) < 4.78 is 0. The Hall–Kier alpha value is -6.71. The quantitative estimate of drug-likeness (QED) is 0.182. The molecule has 0 fully saturated rings. The topological polar surface area (TPSA) is 38.7 Å². The first kappa shape index (κ1) is 29.4. The molecule has 1 aromatic heterocycles. The van der Waals surface area contributed by atoms with Gasteiger partial charge in [0, 0.05) is 16.7 Å². The highest BCUT2D eigenvalue weighted by Gasteiger charge is 2.16. The Morgan fingerprint density at radius 2 is 0.600 bits per heavy atom. The van der Waals surface area contributed by atoms with Crippen molar-refractivity contribution in [1.82, 2.24) is 15.0 Å². The highest BCUT2D eigenvalue weighted by Crippen LogP contribution is 2.38. The van der Waals surface area contributed by atoms with Crippen molar-refractivity contribution in [3.63, 3.8) is 0 Å². The second kappa shape index (κ2) is 12.7. The van der Waals surface area contributed by atoms with Gasteiger partial charge >= 0.3 is 0 Å². The highest BCUT2D eigenvalue weighted by molar-refractivity contribution is 6.01. The molecule has 0 unspecified atom stereocenters. The molecule has 0 aliphatic carbocycles. The van der Waals surface area contributed by atoms with Crippen molar-refractivity contribution in [1.29, 1.82) is 0 Å². The molecule has 0 spiro atoms. The van der Waals surface area contributed by atoms with Crippen molar-refractivity contribution in [3.05, 3.63) is 188 Å². The van der Waals surface area contributed by atoms with E-state index in [4.69, 9.17) is 15.0 Å². The van der Waals surface area contributed by atoms with Crippen molar-refractivity contribution < 1.29 is 0 Å². The molecule has 0 atom stereocenters. The van der Waals surface area contributed by atoms with Crippen molar-refractivity contribution in [3.8, 4) is 67.5 Å². The van der Waals surface area contributed by atoms with E-state index in [2.05, 4.69) is 164 Å². The van der Waals surface area contributed by atoms with E-state index in [1.165, 1.54) is 38.2 Å². The summed E-state index contributed by atoms with van der Waals surface area (Å²) in [4.78, 5) is 15.3. The molecular weight excluding hydrogens is 607 g/mol. The van der Waals surface area contributed by atoms with Crippen LogP contribution in [0.4, 0.5) is 0 Å². The van der Waals surface area contributed by atoms with Gasteiger partial charge < -0.3 is 0 Å². The van der Waals surface area contributed by atoms with Gasteiger partial charge in [-0.05, 0) is 73.1 Å². The lowest BCUT2D eigenvalue weighted by Crippen LogP contribution is -2.00. The first-order chi connectivity index (χ1) is 24.8. The van der Waals surface area contributed by atoms with Gasteiger partial charge in [0.15, 0.2) is 17.5 Å². The molecule has 50 heavy (non-hydrogen) atoms. The van der Waals surface area contributed by atoms with E-state index in [1.54, 1.807) is 0 Å². The van der Waals surface area contributed by atoms with Crippen molar-refractivity contribution >= 4 is 21.5 Å². The van der Waals surface area contributed by atoms with Crippen LogP contribution in [-0.2, 0) is 0 Å². The lowest BCUT2D eigenvalue weighted by molar-refractivity contribution is 1.07. The van der Waals surface area contributed by atoms with Crippen LogP contribution in [-0.4, -0.2) is 15.0 Å². The molecule has 0 aliphatic heterocycles. The van der Waals surface area contributed by atoms with Gasteiger partial charge in [0.05, 0.1) is 0 Å². The monoisotopic (exact) mass is 637 g/mol. The van der Waals surface area contributed by atoms with Crippen LogP contribution in [0.3, 0.4) is 0 Å². The maximum Gasteiger partial charge on any atom is 0.164 e. The first-order valence-electron chi connectivity index (χ1n) is 16.9. The van der Waals surface area contributed by atoms with Crippen LogP contribution in [0.15, 0.2) is 188 Å². The van der Waals surface area contributed by atoms with Gasteiger partial charge in [-0.15, -0.1) is 0 Å². The van der Waals surface area contributed by atoms with E-state index in [9.17, 15) is 0 Å². The Morgan fingerprint density at radius 3 is 1.14 bits per heavy atom. The summed E-state index contributed by atoms with van der Waals surface area (Å²) in [5.41, 5.74) is 9.68. The predicted octanol–water partition coefficient (Wildman–Crippen LogP) is 12.2. The average molecular weight is 638 g/mol. The molecule has 9 rings (SSSR count). The summed E-state index contributed by atoms with van der Waals surface area (Å²) in [7, 11) is 0. The maximum atomic E-state index is 5.17. The molecule has 0 saturated carbocycles. The minimum atomic E-state index is 0.629. The predicted molar refractivity (Wildman–Crippen MR) is 207 cm³/mol. The summed E-state index contributed by atoms with van der Waals surface area (Å²) in [6.45, 7) is 0. The van der Waals surface area contributed by atoms with Crippen LogP contribution in [0.5, 0.6) is 0 Å². The Morgan fingerprint density at radius 1 is 0.240 bits per heavy atom. The number of benzene rings is 8. The first-order valence-corrected chi connectivity index (χ1v) is 16.9. The number of aromatic nitrogens is 3. The zero-order chi connectivity index (χ0) is 33.3. The van der Waals surface area contributed by atoms with Crippen LogP contribution in [0.1, 0.15) is 0 Å². The second-order valence-electron chi connectivity index (χ2n) is 12.5. The van der Waals surface area contributed by atoms with Gasteiger partial charge in [0.2, 0.25) is 0 Å². The smallest absolute Gasteiger partial charge is 0.164 e. The Labute approximate surface area is 291 Å². The lowest BCUT2D eigenvalue weighted by Gasteiger charge is -2.15. The lowest BCUT2D eigenvalue weighted by atomic mass is 9.91. The van der Waals surface area contributed by atoms with E-state index >= 15 is 0 Å². The van der Waals surface area contributed by atoms with Crippen molar-refractivity contribution in [2.24, 2.45) is 0 Å². The summed E-state index contributed by atoms with van der Waals surface area (Å²) in [5.74, 6) is 1.90. The molecular formula is C47H31N3. The molecule has 0 bridgehead atoms. The Balaban J connectivity index is 1.27. The van der Waals surface area contributed by atoms with Crippen LogP contribution in [0, 0.1) is 0 Å². The maximum absolute atomic E-state index is 5.17. The average Bonchev–Trinajstić information content (AvgIpc) is 3.21. The summed E-state index contributed by atoms with van der Waals surface area (Å²) in [6.07, 6.45) is 0. The number of fused-ring (bicyclic) bond motifs is 2. The van der Waals surface area contributed by atoms with Crippen LogP contribution in [0.2, 0.25) is 0 Å². The fraction of sp³-hybridized carbons (Fsp3) is 0. The molecule has 9 aromatic rings. The number of rotatable bonds is 6. The van der Waals surface area contributed by atoms with E-state index in [0.29, 0.717) is 17.5 Å². The fourth-order valence-corrected chi connectivity index (χ4v) is 6.81. The van der Waals surface area contributed by atoms with E-state index in [-0.39, 0.29) is 0 Å².